The molecule has 136 valence electrons. The number of benzene rings is 1. The molecule has 1 saturated heterocycles. The van der Waals surface area contributed by atoms with Gasteiger partial charge in [-0.05, 0) is 32.4 Å². The third-order valence-corrected chi connectivity index (χ3v) is 4.90. The number of ether oxygens (including phenoxy) is 1. The van der Waals surface area contributed by atoms with Crippen LogP contribution in [0.25, 0.3) is 22.3 Å². The molecular weight excluding hydrogens is 357 g/mol. The topological polar surface area (TPSA) is 78.8 Å². The van der Waals surface area contributed by atoms with E-state index in [0.29, 0.717) is 40.5 Å². The fourth-order valence-electron chi connectivity index (χ4n) is 3.46. The highest BCUT2D eigenvalue weighted by Crippen LogP contribution is 2.35. The van der Waals surface area contributed by atoms with Gasteiger partial charge in [-0.25, -0.2) is 19.3 Å². The van der Waals surface area contributed by atoms with Gasteiger partial charge in [0.1, 0.15) is 11.3 Å². The molecule has 8 heteroatoms. The Morgan fingerprint density at radius 2 is 2.15 bits per heavy atom. The summed E-state index contributed by atoms with van der Waals surface area (Å²) in [6.45, 7) is 5.43. The maximum Gasteiger partial charge on any atom is 0.220 e. The van der Waals surface area contributed by atoms with Crippen LogP contribution >= 0.6 is 11.6 Å². The lowest BCUT2D eigenvalue weighted by molar-refractivity contribution is 0.192. The number of hydrogen-bond donors (Lipinski definition) is 1. The molecule has 26 heavy (non-hydrogen) atoms. The monoisotopic (exact) mass is 375 g/mol. The molecule has 0 saturated carbocycles. The van der Waals surface area contributed by atoms with Crippen molar-refractivity contribution in [2.45, 2.75) is 32.2 Å². The molecule has 0 amide bonds. The number of rotatable bonds is 3. The summed E-state index contributed by atoms with van der Waals surface area (Å²) < 4.78 is 22.5. The molecule has 1 aliphatic heterocycles. The van der Waals surface area contributed by atoms with E-state index in [9.17, 15) is 4.39 Å². The zero-order valence-corrected chi connectivity index (χ0v) is 15.3. The van der Waals surface area contributed by atoms with Crippen LogP contribution in [0.3, 0.4) is 0 Å². The number of nitrogens with two attached hydrogens (primary N) is 1. The van der Waals surface area contributed by atoms with Crippen LogP contribution in [0.4, 0.5) is 10.3 Å². The molecule has 2 N–H and O–H groups in total. The lowest BCUT2D eigenvalue weighted by Crippen LogP contribution is -2.11. The van der Waals surface area contributed by atoms with Crippen LogP contribution in [0.15, 0.2) is 18.3 Å². The van der Waals surface area contributed by atoms with Crippen molar-refractivity contribution >= 4 is 28.6 Å². The number of halogens is 2. The molecule has 0 radical (unpaired) electrons. The Morgan fingerprint density at radius 1 is 1.35 bits per heavy atom. The number of nitrogen functional groups attached to an aromatic ring is 1. The molecule has 1 aromatic carbocycles. The van der Waals surface area contributed by atoms with Gasteiger partial charge in [-0.15, -0.1) is 0 Å². The maximum absolute atomic E-state index is 14.9. The summed E-state index contributed by atoms with van der Waals surface area (Å²) in [5.41, 5.74) is 7.69. The van der Waals surface area contributed by atoms with Crippen molar-refractivity contribution in [2.75, 3.05) is 18.9 Å². The van der Waals surface area contributed by atoms with Crippen LogP contribution in [0.5, 0.6) is 0 Å². The van der Waals surface area contributed by atoms with Crippen molar-refractivity contribution in [3.8, 4) is 11.3 Å². The Bertz CT molecular complexity index is 981. The van der Waals surface area contributed by atoms with Crippen molar-refractivity contribution in [3.63, 3.8) is 0 Å². The molecule has 0 aliphatic carbocycles. The van der Waals surface area contributed by atoms with E-state index in [2.05, 4.69) is 33.4 Å². The number of anilines is 1. The Labute approximate surface area is 155 Å². The van der Waals surface area contributed by atoms with Gasteiger partial charge in [0.2, 0.25) is 5.95 Å². The zero-order chi connectivity index (χ0) is 18.4. The third kappa shape index (κ3) is 2.81. The minimum atomic E-state index is -0.412. The summed E-state index contributed by atoms with van der Waals surface area (Å²) >= 11 is 6.20. The minimum absolute atomic E-state index is 0.0889. The molecule has 1 atom stereocenters. The average Bonchev–Trinajstić information content (AvgIpc) is 3.23. The highest BCUT2D eigenvalue weighted by molar-refractivity contribution is 6.33. The number of nitrogens with zero attached hydrogens (tertiary/aromatic N) is 4. The largest absolute Gasteiger partial charge is 0.381 e. The molecule has 0 bridgehead atoms. The fraction of sp³-hybridized carbons (Fsp3) is 0.389. The van der Waals surface area contributed by atoms with Gasteiger partial charge >= 0.3 is 0 Å². The van der Waals surface area contributed by atoms with E-state index in [1.165, 1.54) is 12.3 Å². The third-order valence-electron chi connectivity index (χ3n) is 4.62. The van der Waals surface area contributed by atoms with Gasteiger partial charge in [0.15, 0.2) is 5.82 Å². The predicted molar refractivity (Wildman–Crippen MR) is 98.7 cm³/mol. The van der Waals surface area contributed by atoms with Crippen molar-refractivity contribution in [2.24, 2.45) is 0 Å². The highest BCUT2D eigenvalue weighted by Gasteiger charge is 2.27. The summed E-state index contributed by atoms with van der Waals surface area (Å²) in [4.78, 5) is 12.6. The highest BCUT2D eigenvalue weighted by atomic mass is 35.5. The number of imidazole rings is 1. The van der Waals surface area contributed by atoms with Crippen molar-refractivity contribution < 1.29 is 9.13 Å². The van der Waals surface area contributed by atoms with Gasteiger partial charge < -0.3 is 15.0 Å². The molecule has 6 nitrogen and oxygen atoms in total. The lowest BCUT2D eigenvalue weighted by atomic mass is 10.1. The van der Waals surface area contributed by atoms with Crippen LogP contribution in [-0.4, -0.2) is 32.7 Å². The first-order valence-electron chi connectivity index (χ1n) is 8.53. The molecule has 1 aliphatic rings. The first kappa shape index (κ1) is 17.2. The second kappa shape index (κ2) is 6.48. The Hall–Kier alpha value is -2.25. The fourth-order valence-corrected chi connectivity index (χ4v) is 3.66. The summed E-state index contributed by atoms with van der Waals surface area (Å²) in [5.74, 6) is 0.708. The van der Waals surface area contributed by atoms with Crippen LogP contribution in [0.2, 0.25) is 5.02 Å². The van der Waals surface area contributed by atoms with Gasteiger partial charge in [-0.1, -0.05) is 11.6 Å². The average molecular weight is 376 g/mol. The second-order valence-corrected chi connectivity index (χ2v) is 7.15. The van der Waals surface area contributed by atoms with Crippen molar-refractivity contribution in [1.82, 2.24) is 19.5 Å². The van der Waals surface area contributed by atoms with Gasteiger partial charge in [-0.2, -0.15) is 0 Å². The van der Waals surface area contributed by atoms with E-state index >= 15 is 0 Å². The molecule has 0 spiro atoms. The molecular formula is C18H19ClFN5O. The number of fused-ring (bicyclic) bond motifs is 1. The van der Waals surface area contributed by atoms with E-state index in [1.54, 1.807) is 0 Å². The molecule has 1 fully saturated rings. The number of hydrogen-bond acceptors (Lipinski definition) is 5. The van der Waals surface area contributed by atoms with Crippen LogP contribution < -0.4 is 5.73 Å². The normalized spacial score (nSPS) is 17.5. The van der Waals surface area contributed by atoms with Crippen LogP contribution in [-0.2, 0) is 4.74 Å². The molecule has 3 aromatic rings. The van der Waals surface area contributed by atoms with Crippen molar-refractivity contribution in [1.29, 1.82) is 0 Å². The first-order chi connectivity index (χ1) is 12.5. The second-order valence-electron chi connectivity index (χ2n) is 6.74. The Morgan fingerprint density at radius 3 is 2.85 bits per heavy atom. The van der Waals surface area contributed by atoms with Crippen LogP contribution in [0, 0.1) is 5.82 Å². The van der Waals surface area contributed by atoms with Crippen molar-refractivity contribution in [3.05, 3.63) is 35.0 Å². The lowest BCUT2D eigenvalue weighted by Gasteiger charge is -2.16. The minimum Gasteiger partial charge on any atom is -0.381 e. The van der Waals surface area contributed by atoms with Gasteiger partial charge in [0.05, 0.1) is 29.0 Å². The predicted octanol–water partition coefficient (Wildman–Crippen LogP) is 3.95. The maximum atomic E-state index is 14.9. The van der Waals surface area contributed by atoms with Crippen LogP contribution in [0.1, 0.15) is 38.1 Å². The first-order valence-corrected chi connectivity index (χ1v) is 8.91. The van der Waals surface area contributed by atoms with E-state index in [-0.39, 0.29) is 17.9 Å². The summed E-state index contributed by atoms with van der Waals surface area (Å²) in [6.07, 6.45) is 2.31. The standard InChI is InChI=1S/C18H19ClFN5O/c1-9(2)25-14-6-11(15-12(19)7-22-18(21)24-15)5-13(20)16(14)23-17(25)10-3-4-26-8-10/h5-7,9-10H,3-4,8H2,1-2H3,(H2,21,22,24). The summed E-state index contributed by atoms with van der Waals surface area (Å²) in [7, 11) is 0. The molecule has 3 heterocycles. The van der Waals surface area contributed by atoms with Gasteiger partial charge in [0.25, 0.3) is 0 Å². The SMILES string of the molecule is CC(C)n1c(C2CCOC2)nc2c(F)cc(-c3nc(N)ncc3Cl)cc21. The Kier molecular flexibility index (Phi) is 4.28. The van der Waals surface area contributed by atoms with Gasteiger partial charge in [0, 0.05) is 24.1 Å². The molecule has 2 aromatic heterocycles. The van der Waals surface area contributed by atoms with E-state index in [0.717, 1.165) is 12.2 Å². The molecule has 4 rings (SSSR count). The van der Waals surface area contributed by atoms with E-state index in [1.807, 2.05) is 6.07 Å². The molecule has 1 unspecified atom stereocenters. The zero-order valence-electron chi connectivity index (χ0n) is 14.5. The summed E-state index contributed by atoms with van der Waals surface area (Å²) in [6, 6.07) is 3.37. The van der Waals surface area contributed by atoms with E-state index in [4.69, 9.17) is 22.1 Å². The Balaban J connectivity index is 1.96. The van der Waals surface area contributed by atoms with E-state index < -0.39 is 5.82 Å². The smallest absolute Gasteiger partial charge is 0.220 e. The summed E-state index contributed by atoms with van der Waals surface area (Å²) in [5, 5.41) is 0.318. The van der Waals surface area contributed by atoms with Gasteiger partial charge in [-0.3, -0.25) is 0 Å². The number of aromatic nitrogens is 4. The quantitative estimate of drug-likeness (QED) is 0.749.